The molecule has 0 spiro atoms. The van der Waals surface area contributed by atoms with Gasteiger partial charge in [-0.05, 0) is 96.5 Å². The first-order chi connectivity index (χ1) is 26.9. The molecule has 0 saturated heterocycles. The summed E-state index contributed by atoms with van der Waals surface area (Å²) < 4.78 is 32.1. The zero-order chi connectivity index (χ0) is 40.2. The van der Waals surface area contributed by atoms with Crippen LogP contribution in [0.3, 0.4) is 0 Å². The van der Waals surface area contributed by atoms with E-state index in [1.54, 1.807) is 24.3 Å². The van der Waals surface area contributed by atoms with E-state index in [-0.39, 0.29) is 23.4 Å². The minimum absolute atomic E-state index is 0.183. The summed E-state index contributed by atoms with van der Waals surface area (Å²) in [6.45, 7) is 10.8. The average Bonchev–Trinajstić information content (AvgIpc) is 3.73. The van der Waals surface area contributed by atoms with E-state index < -0.39 is 0 Å². The number of aromatic nitrogens is 4. The van der Waals surface area contributed by atoms with Crippen LogP contribution < -0.4 is 10.6 Å². The summed E-state index contributed by atoms with van der Waals surface area (Å²) in [6.07, 6.45) is 6.81. The van der Waals surface area contributed by atoms with Crippen LogP contribution in [0.2, 0.25) is 0 Å². The summed E-state index contributed by atoms with van der Waals surface area (Å²) in [5.74, 6) is 0.681. The molecule has 8 nitrogen and oxygen atoms in total. The molecule has 0 fully saturated rings. The lowest BCUT2D eigenvalue weighted by molar-refractivity contribution is 0.0926. The number of nitrogens with one attached hydrogen (secondary N) is 2. The topological polar surface area (TPSA) is 93.8 Å². The third kappa shape index (κ3) is 11.8. The van der Waals surface area contributed by atoms with Gasteiger partial charge in [-0.2, -0.15) is 0 Å². The molecule has 2 aromatic heterocycles. The summed E-state index contributed by atoms with van der Waals surface area (Å²) in [5, 5.41) is 6.05. The molecule has 296 valence electrons. The van der Waals surface area contributed by atoms with Gasteiger partial charge in [-0.25, -0.2) is 18.7 Å². The second-order valence-electron chi connectivity index (χ2n) is 14.5. The fourth-order valence-electron chi connectivity index (χ4n) is 6.41. The molecule has 2 atom stereocenters. The van der Waals surface area contributed by atoms with Gasteiger partial charge in [0, 0.05) is 35.1 Å². The van der Waals surface area contributed by atoms with E-state index >= 15 is 0 Å². The van der Waals surface area contributed by atoms with Gasteiger partial charge in [-0.3, -0.25) is 9.59 Å². The van der Waals surface area contributed by atoms with Gasteiger partial charge in [0.1, 0.15) is 11.6 Å². The number of hydrogen-bond donors (Lipinski definition) is 2. The smallest absolute Gasteiger partial charge is 0.287 e. The summed E-state index contributed by atoms with van der Waals surface area (Å²) in [5.41, 5.74) is 5.06. The zero-order valence-corrected chi connectivity index (χ0v) is 35.6. The molecule has 0 aliphatic heterocycles. The van der Waals surface area contributed by atoms with E-state index in [2.05, 4.69) is 80.2 Å². The summed E-state index contributed by atoms with van der Waals surface area (Å²) in [4.78, 5) is 34.9. The predicted molar refractivity (Wildman–Crippen MR) is 228 cm³/mol. The van der Waals surface area contributed by atoms with Crippen LogP contribution in [0, 0.1) is 23.5 Å². The first kappa shape index (κ1) is 42.7. The van der Waals surface area contributed by atoms with Crippen molar-refractivity contribution in [3.63, 3.8) is 0 Å². The van der Waals surface area contributed by atoms with Crippen molar-refractivity contribution in [2.24, 2.45) is 11.8 Å². The van der Waals surface area contributed by atoms with Crippen LogP contribution in [0.15, 0.2) is 93.9 Å². The molecule has 6 aromatic rings. The zero-order valence-electron chi connectivity index (χ0n) is 32.4. The molecule has 4 aromatic carbocycles. The van der Waals surface area contributed by atoms with Gasteiger partial charge < -0.3 is 19.8 Å². The number of rotatable bonds is 16. The minimum Gasteiger partial charge on any atom is -0.349 e. The Morgan fingerprint density at radius 3 is 1.57 bits per heavy atom. The van der Waals surface area contributed by atoms with Gasteiger partial charge in [-0.15, -0.1) is 0 Å². The fourth-order valence-corrected chi connectivity index (χ4v) is 7.11. The lowest BCUT2D eigenvalue weighted by Gasteiger charge is -2.13. The van der Waals surface area contributed by atoms with Crippen molar-refractivity contribution in [2.45, 2.75) is 79.3 Å². The summed E-state index contributed by atoms with van der Waals surface area (Å²) in [6, 6.07) is 24.2. The molecule has 12 heteroatoms. The highest BCUT2D eigenvalue weighted by molar-refractivity contribution is 9.10. The Balaban J connectivity index is 0.000000214. The Bertz CT molecular complexity index is 2190. The molecule has 56 heavy (non-hydrogen) atoms. The second-order valence-corrected chi connectivity index (χ2v) is 16.3. The van der Waals surface area contributed by atoms with Crippen LogP contribution in [0.25, 0.3) is 22.1 Å². The molecule has 6 rings (SSSR count). The van der Waals surface area contributed by atoms with Crippen molar-refractivity contribution in [1.29, 1.82) is 0 Å². The highest BCUT2D eigenvalue weighted by atomic mass is 79.9. The number of fused-ring (bicyclic) bond motifs is 2. The number of hydrogen-bond acceptors (Lipinski definition) is 4. The maximum absolute atomic E-state index is 13.3. The Hall–Kier alpha value is -4.42. The summed E-state index contributed by atoms with van der Waals surface area (Å²) >= 11 is 6.95. The first-order valence-electron chi connectivity index (χ1n) is 19.3. The van der Waals surface area contributed by atoms with E-state index in [4.69, 9.17) is 0 Å². The molecular weight excluding hydrogens is 842 g/mol. The SMILES string of the molecule is CCCC[C@H](C)CNC(=O)c1nc2cc(Br)ccc2n1Cc1ccc(F)cc1.CCCC[C@H](C)CNC(=O)c1nc2ccc(Br)cc2n1Cc1ccc(F)cc1. The fraction of sp³-hybridized carbons (Fsp3) is 0.364. The Morgan fingerprint density at radius 2 is 1.07 bits per heavy atom. The van der Waals surface area contributed by atoms with Gasteiger partial charge in [0.25, 0.3) is 11.8 Å². The van der Waals surface area contributed by atoms with Gasteiger partial charge >= 0.3 is 0 Å². The molecule has 0 unspecified atom stereocenters. The normalized spacial score (nSPS) is 12.3. The molecule has 2 amide bonds. The van der Waals surface area contributed by atoms with Crippen LogP contribution >= 0.6 is 31.9 Å². The molecule has 0 aliphatic rings. The first-order valence-corrected chi connectivity index (χ1v) is 20.9. The number of carbonyl (C=O) groups excluding carboxylic acids is 2. The van der Waals surface area contributed by atoms with E-state index in [9.17, 15) is 18.4 Å². The molecule has 2 heterocycles. The quantitative estimate of drug-likeness (QED) is 0.101. The predicted octanol–water partition coefficient (Wildman–Crippen LogP) is 11.1. The number of nitrogens with zero attached hydrogens (tertiary/aromatic N) is 4. The third-order valence-corrected chi connectivity index (χ3v) is 10.6. The second kappa shape index (κ2) is 20.7. The van der Waals surface area contributed by atoms with E-state index in [0.717, 1.165) is 80.7 Å². The lowest BCUT2D eigenvalue weighted by Crippen LogP contribution is -2.30. The molecule has 0 aliphatic carbocycles. The van der Waals surface area contributed by atoms with E-state index in [0.29, 0.717) is 49.7 Å². The molecule has 0 saturated carbocycles. The number of unbranched alkanes of at least 4 members (excludes halogenated alkanes) is 2. The van der Waals surface area contributed by atoms with Gasteiger partial charge in [0.05, 0.1) is 22.1 Å². The van der Waals surface area contributed by atoms with Gasteiger partial charge in [-0.1, -0.05) is 110 Å². The van der Waals surface area contributed by atoms with Crippen molar-refractivity contribution in [3.05, 3.63) is 128 Å². The highest BCUT2D eigenvalue weighted by Gasteiger charge is 2.20. The number of amides is 2. The number of benzene rings is 4. The maximum Gasteiger partial charge on any atom is 0.287 e. The molecule has 0 bridgehead atoms. The van der Waals surface area contributed by atoms with E-state index in [1.165, 1.54) is 24.3 Å². The Labute approximate surface area is 344 Å². The number of carbonyl (C=O) groups is 2. The lowest BCUT2D eigenvalue weighted by atomic mass is 10.0. The average molecular weight is 893 g/mol. The van der Waals surface area contributed by atoms with Crippen LogP contribution in [0.5, 0.6) is 0 Å². The van der Waals surface area contributed by atoms with Crippen LogP contribution in [0.4, 0.5) is 8.78 Å². The third-order valence-electron chi connectivity index (χ3n) is 9.66. The number of imidazole rings is 2. The van der Waals surface area contributed by atoms with Crippen LogP contribution in [0.1, 0.15) is 98.6 Å². The summed E-state index contributed by atoms with van der Waals surface area (Å²) in [7, 11) is 0. The number of halogens is 4. The Morgan fingerprint density at radius 1 is 0.625 bits per heavy atom. The standard InChI is InChI=1S/2C22H25BrFN3O/c1-3-4-5-15(2)13-25-22(28)21-26-19-12-17(23)8-11-20(19)27(21)14-16-6-9-18(24)10-7-16;1-3-4-5-15(2)13-25-22(28)21-26-19-11-8-17(23)12-20(19)27(21)14-16-6-9-18(24)10-7-16/h2*6-12,15H,3-5,13-14H2,1-2H3,(H,25,28)/t2*15-/m00/s1. The molecule has 2 N–H and O–H groups in total. The van der Waals surface area contributed by atoms with Crippen LogP contribution in [-0.4, -0.2) is 44.0 Å². The Kier molecular flexibility index (Phi) is 15.8. The van der Waals surface area contributed by atoms with Gasteiger partial charge in [0.2, 0.25) is 0 Å². The van der Waals surface area contributed by atoms with Gasteiger partial charge in [0.15, 0.2) is 11.6 Å². The van der Waals surface area contributed by atoms with Crippen molar-refractivity contribution < 1.29 is 18.4 Å². The van der Waals surface area contributed by atoms with Crippen molar-refractivity contribution in [1.82, 2.24) is 29.7 Å². The minimum atomic E-state index is -0.277. The van der Waals surface area contributed by atoms with Crippen LogP contribution in [-0.2, 0) is 13.1 Å². The van der Waals surface area contributed by atoms with Crippen molar-refractivity contribution >= 4 is 65.7 Å². The monoisotopic (exact) mass is 890 g/mol. The maximum atomic E-state index is 13.3. The van der Waals surface area contributed by atoms with Crippen molar-refractivity contribution in [3.8, 4) is 0 Å². The van der Waals surface area contributed by atoms with E-state index in [1.807, 2.05) is 45.5 Å². The molecular formula is C44H50Br2F2N6O2. The largest absolute Gasteiger partial charge is 0.349 e. The van der Waals surface area contributed by atoms with Crippen molar-refractivity contribution in [2.75, 3.05) is 13.1 Å². The molecule has 0 radical (unpaired) electrons. The highest BCUT2D eigenvalue weighted by Crippen LogP contribution is 2.24.